The number of nitrogens with one attached hydrogen (secondary N) is 1. The van der Waals surface area contributed by atoms with Gasteiger partial charge in [0.25, 0.3) is 0 Å². The predicted octanol–water partition coefficient (Wildman–Crippen LogP) is 1.05. The summed E-state index contributed by atoms with van der Waals surface area (Å²) in [5, 5.41) is 13.8. The Morgan fingerprint density at radius 1 is 1.31 bits per heavy atom. The van der Waals surface area contributed by atoms with Crippen molar-refractivity contribution in [3.8, 4) is 17.1 Å². The molecule has 0 aliphatic carbocycles. The van der Waals surface area contributed by atoms with Crippen LogP contribution in [0.1, 0.15) is 25.8 Å². The van der Waals surface area contributed by atoms with Crippen LogP contribution < -0.4 is 10.5 Å². The van der Waals surface area contributed by atoms with Gasteiger partial charge in [0.15, 0.2) is 11.6 Å². The van der Waals surface area contributed by atoms with E-state index in [1.165, 1.54) is 35.7 Å². The number of aromatic nitrogens is 5. The monoisotopic (exact) mass is 417 g/mol. The van der Waals surface area contributed by atoms with E-state index in [1.807, 2.05) is 6.92 Å². The molecular formula is C18H23N7O3S. The molecule has 3 rings (SSSR count). The van der Waals surface area contributed by atoms with Crippen molar-refractivity contribution in [3.63, 3.8) is 0 Å². The van der Waals surface area contributed by atoms with Crippen molar-refractivity contribution in [2.75, 3.05) is 12.3 Å². The first-order valence-electron chi connectivity index (χ1n) is 8.87. The standard InChI is InChI=1S/C18H23N7O3S/c1-12-4-5-13(29(27,28)23-7-6-18(2,3)26)8-14(12)15-9-21-16(19)17(24-15)25-11-20-10-22-25/h4-5,8-11,23,26H,6-7H2,1-3H3,(H2,19,21). The minimum atomic E-state index is -3.75. The Bertz CT molecular complexity index is 1110. The molecule has 4 N–H and O–H groups in total. The lowest BCUT2D eigenvalue weighted by Gasteiger charge is -2.17. The number of nitrogens with two attached hydrogens (primary N) is 1. The molecule has 0 fully saturated rings. The van der Waals surface area contributed by atoms with Crippen LogP contribution in [0.5, 0.6) is 0 Å². The van der Waals surface area contributed by atoms with E-state index in [9.17, 15) is 13.5 Å². The molecule has 154 valence electrons. The SMILES string of the molecule is Cc1ccc(S(=O)(=O)NCCC(C)(C)O)cc1-c1cnc(N)c(-n2cncn2)n1. The smallest absolute Gasteiger partial charge is 0.240 e. The van der Waals surface area contributed by atoms with Gasteiger partial charge in [0.2, 0.25) is 10.0 Å². The normalized spacial score (nSPS) is 12.3. The Morgan fingerprint density at radius 2 is 2.07 bits per heavy atom. The van der Waals surface area contributed by atoms with Crippen LogP contribution in [0, 0.1) is 6.92 Å². The molecule has 3 aromatic rings. The third-order valence-corrected chi connectivity index (χ3v) is 5.70. The van der Waals surface area contributed by atoms with Gasteiger partial charge < -0.3 is 10.8 Å². The topological polar surface area (TPSA) is 149 Å². The van der Waals surface area contributed by atoms with Crippen LogP contribution in [0.3, 0.4) is 0 Å². The summed E-state index contributed by atoms with van der Waals surface area (Å²) in [5.74, 6) is 0.477. The number of nitrogens with zero attached hydrogens (tertiary/aromatic N) is 5. The van der Waals surface area contributed by atoms with E-state index in [4.69, 9.17) is 5.73 Å². The number of rotatable bonds is 7. The van der Waals surface area contributed by atoms with Crippen LogP contribution in [0.2, 0.25) is 0 Å². The maximum Gasteiger partial charge on any atom is 0.240 e. The molecule has 0 unspecified atom stereocenters. The highest BCUT2D eigenvalue weighted by molar-refractivity contribution is 7.89. The van der Waals surface area contributed by atoms with Gasteiger partial charge in [0.05, 0.1) is 22.4 Å². The lowest BCUT2D eigenvalue weighted by atomic mass is 10.1. The maximum absolute atomic E-state index is 12.6. The number of aryl methyl sites for hydroxylation is 1. The molecule has 1 aromatic carbocycles. The summed E-state index contributed by atoms with van der Waals surface area (Å²) >= 11 is 0. The van der Waals surface area contributed by atoms with Gasteiger partial charge in [-0.15, -0.1) is 0 Å². The lowest BCUT2D eigenvalue weighted by molar-refractivity contribution is 0.0728. The Hall–Kier alpha value is -2.89. The van der Waals surface area contributed by atoms with Crippen molar-refractivity contribution in [2.24, 2.45) is 0 Å². The molecule has 0 radical (unpaired) electrons. The highest BCUT2D eigenvalue weighted by atomic mass is 32.2. The average molecular weight is 417 g/mol. The van der Waals surface area contributed by atoms with Gasteiger partial charge in [-0.25, -0.2) is 28.1 Å². The van der Waals surface area contributed by atoms with Gasteiger partial charge in [0, 0.05) is 12.1 Å². The van der Waals surface area contributed by atoms with Crippen molar-refractivity contribution in [2.45, 2.75) is 37.7 Å². The number of sulfonamides is 1. The highest BCUT2D eigenvalue weighted by Gasteiger charge is 2.19. The third-order valence-electron chi connectivity index (χ3n) is 4.24. The summed E-state index contributed by atoms with van der Waals surface area (Å²) in [7, 11) is -3.75. The van der Waals surface area contributed by atoms with Crippen molar-refractivity contribution >= 4 is 15.8 Å². The fourth-order valence-electron chi connectivity index (χ4n) is 2.62. The minimum absolute atomic E-state index is 0.0924. The molecule has 0 saturated heterocycles. The summed E-state index contributed by atoms with van der Waals surface area (Å²) in [4.78, 5) is 12.6. The van der Waals surface area contributed by atoms with E-state index >= 15 is 0 Å². The third kappa shape index (κ3) is 4.94. The maximum atomic E-state index is 12.6. The number of hydrogen-bond acceptors (Lipinski definition) is 8. The van der Waals surface area contributed by atoms with E-state index in [0.29, 0.717) is 17.1 Å². The van der Waals surface area contributed by atoms with Crippen LogP contribution in [-0.4, -0.2) is 50.4 Å². The van der Waals surface area contributed by atoms with E-state index in [0.717, 1.165) is 5.56 Å². The molecule has 0 aliphatic rings. The molecule has 2 aromatic heterocycles. The van der Waals surface area contributed by atoms with Gasteiger partial charge in [-0.1, -0.05) is 6.07 Å². The van der Waals surface area contributed by atoms with Crippen molar-refractivity contribution < 1.29 is 13.5 Å². The predicted molar refractivity (Wildman–Crippen MR) is 108 cm³/mol. The zero-order valence-corrected chi connectivity index (χ0v) is 17.2. The van der Waals surface area contributed by atoms with Crippen molar-refractivity contribution in [1.29, 1.82) is 0 Å². The lowest BCUT2D eigenvalue weighted by Crippen LogP contribution is -2.30. The number of benzene rings is 1. The first-order chi connectivity index (χ1) is 13.6. The molecule has 0 saturated carbocycles. The van der Waals surface area contributed by atoms with Crippen molar-refractivity contribution in [3.05, 3.63) is 42.6 Å². The van der Waals surface area contributed by atoms with E-state index < -0.39 is 15.6 Å². The second-order valence-corrected chi connectivity index (χ2v) is 9.01. The van der Waals surface area contributed by atoms with Gasteiger partial charge >= 0.3 is 0 Å². The molecule has 29 heavy (non-hydrogen) atoms. The Balaban J connectivity index is 1.95. The van der Waals surface area contributed by atoms with Crippen LogP contribution in [-0.2, 0) is 10.0 Å². The molecule has 11 heteroatoms. The zero-order chi connectivity index (χ0) is 21.2. The molecule has 0 bridgehead atoms. The molecule has 0 spiro atoms. The number of nitrogen functional groups attached to an aromatic ring is 1. The second-order valence-electron chi connectivity index (χ2n) is 7.24. The number of anilines is 1. The molecule has 0 amide bonds. The quantitative estimate of drug-likeness (QED) is 0.516. The Kier molecular flexibility index (Phi) is 5.64. The molecule has 0 atom stereocenters. The number of aliphatic hydroxyl groups is 1. The first-order valence-corrected chi connectivity index (χ1v) is 10.4. The van der Waals surface area contributed by atoms with Gasteiger partial charge in [-0.3, -0.25) is 0 Å². The molecular weight excluding hydrogens is 394 g/mol. The fraction of sp³-hybridized carbons (Fsp3) is 0.333. The summed E-state index contributed by atoms with van der Waals surface area (Å²) in [6, 6.07) is 4.76. The average Bonchev–Trinajstić information content (AvgIpc) is 3.15. The fourth-order valence-corrected chi connectivity index (χ4v) is 3.68. The second kappa shape index (κ2) is 7.85. The van der Waals surface area contributed by atoms with E-state index in [-0.39, 0.29) is 23.7 Å². The minimum Gasteiger partial charge on any atom is -0.390 e. The summed E-state index contributed by atoms with van der Waals surface area (Å²) < 4.78 is 29.2. The first kappa shape index (κ1) is 20.8. The van der Waals surface area contributed by atoms with Crippen molar-refractivity contribution in [1.82, 2.24) is 29.5 Å². The van der Waals surface area contributed by atoms with Crippen LogP contribution >= 0.6 is 0 Å². The van der Waals surface area contributed by atoms with E-state index in [2.05, 4.69) is 24.8 Å². The molecule has 10 nitrogen and oxygen atoms in total. The van der Waals surface area contributed by atoms with Crippen LogP contribution in [0.4, 0.5) is 5.82 Å². The molecule has 2 heterocycles. The van der Waals surface area contributed by atoms with Gasteiger partial charge in [-0.05, 0) is 44.9 Å². The Morgan fingerprint density at radius 3 is 2.72 bits per heavy atom. The zero-order valence-electron chi connectivity index (χ0n) is 16.4. The van der Waals surface area contributed by atoms with Crippen LogP contribution in [0.15, 0.2) is 41.9 Å². The number of hydrogen-bond donors (Lipinski definition) is 3. The van der Waals surface area contributed by atoms with Gasteiger partial charge in [-0.2, -0.15) is 9.78 Å². The summed E-state index contributed by atoms with van der Waals surface area (Å²) in [6.45, 7) is 5.21. The van der Waals surface area contributed by atoms with E-state index in [1.54, 1.807) is 19.9 Å². The van der Waals surface area contributed by atoms with Gasteiger partial charge in [0.1, 0.15) is 12.7 Å². The van der Waals surface area contributed by atoms with Crippen LogP contribution in [0.25, 0.3) is 17.1 Å². The summed E-state index contributed by atoms with van der Waals surface area (Å²) in [6.07, 6.45) is 4.57. The Labute approximate surface area is 168 Å². The molecule has 0 aliphatic heterocycles. The largest absolute Gasteiger partial charge is 0.390 e. The summed E-state index contributed by atoms with van der Waals surface area (Å²) in [5.41, 5.74) is 6.82. The highest BCUT2D eigenvalue weighted by Crippen LogP contribution is 2.26.